The van der Waals surface area contributed by atoms with Crippen molar-refractivity contribution < 1.29 is 19.1 Å². The summed E-state index contributed by atoms with van der Waals surface area (Å²) in [4.78, 5) is 28.3. The van der Waals surface area contributed by atoms with Crippen molar-refractivity contribution in [2.75, 3.05) is 24.8 Å². The molecular weight excluding hydrogens is 390 g/mol. The van der Waals surface area contributed by atoms with Crippen molar-refractivity contribution in [2.45, 2.75) is 12.1 Å². The number of rotatable bonds is 8. The summed E-state index contributed by atoms with van der Waals surface area (Å²) in [7, 11) is 1.62. The average molecular weight is 411 g/mol. The third kappa shape index (κ3) is 5.39. The molecule has 2 aromatic carbocycles. The van der Waals surface area contributed by atoms with E-state index < -0.39 is 0 Å². The Morgan fingerprint density at radius 3 is 2.69 bits per heavy atom. The number of thioether (sulfide) groups is 1. The van der Waals surface area contributed by atoms with Gasteiger partial charge in [0.2, 0.25) is 5.91 Å². The average Bonchev–Trinajstić information content (AvgIpc) is 3.22. The van der Waals surface area contributed by atoms with E-state index in [1.807, 2.05) is 35.0 Å². The first-order valence-electron chi connectivity index (χ1n) is 8.98. The van der Waals surface area contributed by atoms with Gasteiger partial charge in [0, 0.05) is 24.1 Å². The lowest BCUT2D eigenvalue weighted by Crippen LogP contribution is -2.14. The highest BCUT2D eigenvalue weighted by atomic mass is 32.2. The van der Waals surface area contributed by atoms with Crippen LogP contribution >= 0.6 is 11.8 Å². The minimum absolute atomic E-state index is 0.168. The van der Waals surface area contributed by atoms with Gasteiger partial charge in [-0.2, -0.15) is 0 Å². The van der Waals surface area contributed by atoms with E-state index in [0.29, 0.717) is 23.0 Å². The fraction of sp³-hybridized carbons (Fsp3) is 0.190. The molecule has 3 rings (SSSR count). The number of nitrogens with one attached hydrogen (secondary N) is 1. The van der Waals surface area contributed by atoms with Crippen molar-refractivity contribution in [1.29, 1.82) is 0 Å². The van der Waals surface area contributed by atoms with Gasteiger partial charge in [-0.1, -0.05) is 17.8 Å². The molecule has 0 aliphatic carbocycles. The standard InChI is InChI=1S/C21H21N3O4S/c1-3-28-20(26)15-7-9-16(10-8-15)23-19(25)14-29-21-22-11-12-24(21)17-5-4-6-18(13-17)27-2/h4-13H,3,14H2,1-2H3,(H,23,25). The Bertz CT molecular complexity index is 986. The maximum absolute atomic E-state index is 12.3. The first-order valence-corrected chi connectivity index (χ1v) is 9.97. The molecular formula is C21H21N3O4S. The first kappa shape index (κ1) is 20.5. The number of esters is 1. The van der Waals surface area contributed by atoms with Gasteiger partial charge < -0.3 is 14.8 Å². The van der Waals surface area contributed by atoms with Crippen LogP contribution in [0.3, 0.4) is 0 Å². The number of carbonyl (C=O) groups excluding carboxylic acids is 2. The number of ether oxygens (including phenoxy) is 2. The smallest absolute Gasteiger partial charge is 0.338 e. The molecule has 0 fully saturated rings. The number of imidazole rings is 1. The van der Waals surface area contributed by atoms with Crippen LogP contribution in [-0.2, 0) is 9.53 Å². The fourth-order valence-electron chi connectivity index (χ4n) is 2.58. The maximum Gasteiger partial charge on any atom is 0.338 e. The molecule has 7 nitrogen and oxygen atoms in total. The summed E-state index contributed by atoms with van der Waals surface area (Å²) in [6, 6.07) is 14.2. The molecule has 1 heterocycles. The lowest BCUT2D eigenvalue weighted by molar-refractivity contribution is -0.113. The van der Waals surface area contributed by atoms with E-state index in [2.05, 4.69) is 10.3 Å². The molecule has 0 radical (unpaired) electrons. The molecule has 0 atom stereocenters. The zero-order valence-electron chi connectivity index (χ0n) is 16.1. The molecule has 1 N–H and O–H groups in total. The monoisotopic (exact) mass is 411 g/mol. The molecule has 0 bridgehead atoms. The van der Waals surface area contributed by atoms with Gasteiger partial charge in [0.05, 0.1) is 30.7 Å². The van der Waals surface area contributed by atoms with Gasteiger partial charge in [-0.3, -0.25) is 9.36 Å². The third-order valence-corrected chi connectivity index (χ3v) is 4.92. The zero-order valence-corrected chi connectivity index (χ0v) is 16.9. The number of benzene rings is 2. The van der Waals surface area contributed by atoms with E-state index in [1.54, 1.807) is 44.5 Å². The molecule has 0 spiro atoms. The molecule has 0 aliphatic heterocycles. The van der Waals surface area contributed by atoms with E-state index in [1.165, 1.54) is 11.8 Å². The lowest BCUT2D eigenvalue weighted by Gasteiger charge is -2.09. The Morgan fingerprint density at radius 2 is 1.97 bits per heavy atom. The SMILES string of the molecule is CCOC(=O)c1ccc(NC(=O)CSc2nccn2-c2cccc(OC)c2)cc1. The summed E-state index contributed by atoms with van der Waals surface area (Å²) < 4.78 is 12.1. The Balaban J connectivity index is 1.59. The summed E-state index contributed by atoms with van der Waals surface area (Å²) in [5, 5.41) is 3.51. The molecule has 3 aromatic rings. The predicted octanol–water partition coefficient (Wildman–Crippen LogP) is 3.79. The van der Waals surface area contributed by atoms with Gasteiger partial charge >= 0.3 is 5.97 Å². The predicted molar refractivity (Wildman–Crippen MR) is 112 cm³/mol. The van der Waals surface area contributed by atoms with Crippen LogP contribution < -0.4 is 10.1 Å². The van der Waals surface area contributed by atoms with Crippen LogP contribution in [0.4, 0.5) is 5.69 Å². The largest absolute Gasteiger partial charge is 0.497 e. The Morgan fingerprint density at radius 1 is 1.17 bits per heavy atom. The molecule has 150 valence electrons. The molecule has 1 amide bonds. The summed E-state index contributed by atoms with van der Waals surface area (Å²) in [6.45, 7) is 2.07. The van der Waals surface area contributed by atoms with Crippen molar-refractivity contribution >= 4 is 29.3 Å². The highest BCUT2D eigenvalue weighted by molar-refractivity contribution is 7.99. The van der Waals surface area contributed by atoms with Crippen LogP contribution in [0.15, 0.2) is 66.1 Å². The van der Waals surface area contributed by atoms with Crippen LogP contribution in [0, 0.1) is 0 Å². The van der Waals surface area contributed by atoms with Crippen LogP contribution in [-0.4, -0.2) is 40.9 Å². The summed E-state index contributed by atoms with van der Waals surface area (Å²) in [6.07, 6.45) is 3.52. The number of hydrogen-bond acceptors (Lipinski definition) is 6. The normalized spacial score (nSPS) is 10.4. The van der Waals surface area contributed by atoms with Crippen LogP contribution in [0.1, 0.15) is 17.3 Å². The summed E-state index contributed by atoms with van der Waals surface area (Å²) in [5.41, 5.74) is 1.96. The van der Waals surface area contributed by atoms with Gasteiger partial charge in [0.25, 0.3) is 0 Å². The van der Waals surface area contributed by atoms with Gasteiger partial charge in [0.15, 0.2) is 5.16 Å². The maximum atomic E-state index is 12.3. The second kappa shape index (κ2) is 9.79. The molecule has 0 saturated carbocycles. The first-order chi connectivity index (χ1) is 14.1. The van der Waals surface area contributed by atoms with Gasteiger partial charge in [-0.25, -0.2) is 9.78 Å². The molecule has 8 heteroatoms. The van der Waals surface area contributed by atoms with Crippen molar-refractivity contribution in [3.8, 4) is 11.4 Å². The Hall–Kier alpha value is -3.26. The number of amides is 1. The molecule has 1 aromatic heterocycles. The van der Waals surface area contributed by atoms with Gasteiger partial charge in [-0.05, 0) is 43.3 Å². The van der Waals surface area contributed by atoms with E-state index in [0.717, 1.165) is 11.4 Å². The third-order valence-electron chi connectivity index (χ3n) is 3.95. The van der Waals surface area contributed by atoms with Gasteiger partial charge in [-0.15, -0.1) is 0 Å². The van der Waals surface area contributed by atoms with Gasteiger partial charge in [0.1, 0.15) is 5.75 Å². The van der Waals surface area contributed by atoms with Crippen molar-refractivity contribution in [3.05, 3.63) is 66.5 Å². The van der Waals surface area contributed by atoms with Crippen LogP contribution in [0.25, 0.3) is 5.69 Å². The Kier molecular flexibility index (Phi) is 6.91. The second-order valence-electron chi connectivity index (χ2n) is 5.92. The van der Waals surface area contributed by atoms with E-state index in [-0.39, 0.29) is 17.6 Å². The highest BCUT2D eigenvalue weighted by Crippen LogP contribution is 2.23. The number of aromatic nitrogens is 2. The number of methoxy groups -OCH3 is 1. The minimum Gasteiger partial charge on any atom is -0.497 e. The van der Waals surface area contributed by atoms with E-state index in [9.17, 15) is 9.59 Å². The molecule has 0 saturated heterocycles. The quantitative estimate of drug-likeness (QED) is 0.449. The van der Waals surface area contributed by atoms with E-state index >= 15 is 0 Å². The number of nitrogens with zero attached hydrogens (tertiary/aromatic N) is 2. The lowest BCUT2D eigenvalue weighted by atomic mass is 10.2. The topological polar surface area (TPSA) is 82.5 Å². The molecule has 0 aliphatic rings. The van der Waals surface area contributed by atoms with Crippen molar-refractivity contribution in [1.82, 2.24) is 9.55 Å². The van der Waals surface area contributed by atoms with Crippen LogP contribution in [0.5, 0.6) is 5.75 Å². The highest BCUT2D eigenvalue weighted by Gasteiger charge is 2.11. The van der Waals surface area contributed by atoms with E-state index in [4.69, 9.17) is 9.47 Å². The van der Waals surface area contributed by atoms with Crippen LogP contribution in [0.2, 0.25) is 0 Å². The van der Waals surface area contributed by atoms with Crippen molar-refractivity contribution in [2.24, 2.45) is 0 Å². The molecule has 0 unspecified atom stereocenters. The zero-order chi connectivity index (χ0) is 20.6. The minimum atomic E-state index is -0.384. The second-order valence-corrected chi connectivity index (χ2v) is 6.86. The summed E-state index contributed by atoms with van der Waals surface area (Å²) in [5.74, 6) is 0.390. The summed E-state index contributed by atoms with van der Waals surface area (Å²) >= 11 is 1.33. The number of carbonyl (C=O) groups is 2. The number of hydrogen-bond donors (Lipinski definition) is 1. The molecule has 29 heavy (non-hydrogen) atoms. The number of anilines is 1. The van der Waals surface area contributed by atoms with Crippen molar-refractivity contribution in [3.63, 3.8) is 0 Å². The fourth-order valence-corrected chi connectivity index (χ4v) is 3.36. The Labute approximate surface area is 173 Å².